The molecule has 0 aromatic heterocycles. The molecule has 0 spiro atoms. The van der Waals surface area contributed by atoms with Gasteiger partial charge in [0.15, 0.2) is 11.6 Å². The molecule has 1 unspecified atom stereocenters. The molecule has 1 heterocycles. The normalized spacial score (nSPS) is 24.2. The molecule has 0 saturated carbocycles. The summed E-state index contributed by atoms with van der Waals surface area (Å²) in [6, 6.07) is 28.9. The highest BCUT2D eigenvalue weighted by Gasteiger charge is 2.44. The van der Waals surface area contributed by atoms with E-state index in [2.05, 4.69) is 13.8 Å². The lowest BCUT2D eigenvalue weighted by molar-refractivity contribution is -0.167. The summed E-state index contributed by atoms with van der Waals surface area (Å²) < 4.78 is 34.8. The van der Waals surface area contributed by atoms with Gasteiger partial charge in [0.05, 0.1) is 19.3 Å². The van der Waals surface area contributed by atoms with Crippen LogP contribution in [0.2, 0.25) is 0 Å². The molecule has 1 aliphatic heterocycles. The monoisotopic (exact) mass is 446 g/mol. The van der Waals surface area contributed by atoms with E-state index in [0.717, 1.165) is 17.5 Å². The third-order valence-electron chi connectivity index (χ3n) is 6.14. The van der Waals surface area contributed by atoms with E-state index in [1.165, 1.54) is 0 Å². The average molecular weight is 447 g/mol. The first-order valence-corrected chi connectivity index (χ1v) is 11.6. The van der Waals surface area contributed by atoms with Crippen molar-refractivity contribution in [2.75, 3.05) is 0 Å². The molecule has 3 nitrogen and oxygen atoms in total. The summed E-state index contributed by atoms with van der Waals surface area (Å²) in [5, 5.41) is 0. The van der Waals surface area contributed by atoms with Crippen molar-refractivity contribution in [2.24, 2.45) is 5.92 Å². The number of hydrogen-bond acceptors (Lipinski definition) is 3. The highest BCUT2D eigenvalue weighted by Crippen LogP contribution is 2.38. The van der Waals surface area contributed by atoms with Gasteiger partial charge in [0.25, 0.3) is 0 Å². The Balaban J connectivity index is 1.67. The Morgan fingerprint density at radius 1 is 0.788 bits per heavy atom. The van der Waals surface area contributed by atoms with Crippen LogP contribution in [0, 0.1) is 5.92 Å². The van der Waals surface area contributed by atoms with Gasteiger partial charge in [-0.2, -0.15) is 0 Å². The second kappa shape index (κ2) is 11.3. The zero-order chi connectivity index (χ0) is 23.0. The van der Waals surface area contributed by atoms with Crippen molar-refractivity contribution in [1.29, 1.82) is 0 Å². The molecule has 0 radical (unpaired) electrons. The molecular weight excluding hydrogens is 415 g/mol. The van der Waals surface area contributed by atoms with E-state index in [0.29, 0.717) is 18.8 Å². The molecular formula is C29H31FO3. The van der Waals surface area contributed by atoms with Crippen LogP contribution in [0.1, 0.15) is 37.0 Å². The van der Waals surface area contributed by atoms with Gasteiger partial charge in [-0.1, -0.05) is 105 Å². The van der Waals surface area contributed by atoms with Crippen LogP contribution in [0.5, 0.6) is 0 Å². The fraction of sp³-hybridized carbons (Fsp3) is 0.310. The number of halogens is 1. The maximum Gasteiger partial charge on any atom is 0.170 e. The minimum atomic E-state index is -0.660. The number of benzene rings is 3. The number of hydrogen-bond donors (Lipinski definition) is 0. The van der Waals surface area contributed by atoms with Gasteiger partial charge in [-0.25, -0.2) is 4.39 Å². The summed E-state index contributed by atoms with van der Waals surface area (Å²) in [4.78, 5) is 0. The Morgan fingerprint density at radius 2 is 1.30 bits per heavy atom. The highest BCUT2D eigenvalue weighted by molar-refractivity contribution is 5.62. The maximum atomic E-state index is 15.8. The fourth-order valence-electron chi connectivity index (χ4n) is 4.27. The molecule has 4 atom stereocenters. The standard InChI is InChI=1S/C29H31FO3/c1-3-25-21(2)27(31-19-22-13-7-4-8-14-22)29(32-20-23-15-9-5-10-16-23)28(33-25)26(30)24-17-11-6-12-18-24/h4-18,21,25,27,29H,3,19-20H2,1-2H3/t21?,25-,27+,29-/m1/s1. The van der Waals surface area contributed by atoms with Gasteiger partial charge in [0.2, 0.25) is 0 Å². The molecule has 1 fully saturated rings. The molecule has 0 amide bonds. The molecule has 3 aromatic rings. The Morgan fingerprint density at radius 3 is 1.85 bits per heavy atom. The summed E-state index contributed by atoms with van der Waals surface area (Å²) >= 11 is 0. The van der Waals surface area contributed by atoms with Gasteiger partial charge in [0, 0.05) is 11.5 Å². The van der Waals surface area contributed by atoms with Gasteiger partial charge < -0.3 is 14.2 Å². The third-order valence-corrected chi connectivity index (χ3v) is 6.14. The molecule has 1 aliphatic rings. The molecule has 0 N–H and O–H groups in total. The molecule has 3 aromatic carbocycles. The van der Waals surface area contributed by atoms with Crippen LogP contribution in [0.3, 0.4) is 0 Å². The van der Waals surface area contributed by atoms with E-state index in [-0.39, 0.29) is 23.9 Å². The maximum absolute atomic E-state index is 15.8. The van der Waals surface area contributed by atoms with E-state index < -0.39 is 11.9 Å². The van der Waals surface area contributed by atoms with Crippen LogP contribution >= 0.6 is 0 Å². The summed E-state index contributed by atoms with van der Waals surface area (Å²) in [7, 11) is 0. The van der Waals surface area contributed by atoms with Gasteiger partial charge in [-0.3, -0.25) is 0 Å². The first kappa shape index (κ1) is 23.2. The number of ether oxygens (including phenoxy) is 3. The predicted octanol–water partition coefficient (Wildman–Crippen LogP) is 6.94. The Bertz CT molecular complexity index is 1020. The van der Waals surface area contributed by atoms with Gasteiger partial charge >= 0.3 is 0 Å². The Hall–Kier alpha value is -2.95. The molecule has 172 valence electrons. The van der Waals surface area contributed by atoms with Crippen molar-refractivity contribution < 1.29 is 18.6 Å². The highest BCUT2D eigenvalue weighted by atomic mass is 19.1. The predicted molar refractivity (Wildman–Crippen MR) is 129 cm³/mol. The van der Waals surface area contributed by atoms with E-state index in [4.69, 9.17) is 14.2 Å². The van der Waals surface area contributed by atoms with Crippen LogP contribution in [-0.4, -0.2) is 18.3 Å². The summed E-state index contributed by atoms with van der Waals surface area (Å²) in [6.07, 6.45) is -0.417. The number of rotatable bonds is 8. The van der Waals surface area contributed by atoms with Crippen LogP contribution in [0.25, 0.3) is 5.83 Å². The van der Waals surface area contributed by atoms with Crippen molar-refractivity contribution >= 4 is 5.83 Å². The smallest absolute Gasteiger partial charge is 0.170 e. The van der Waals surface area contributed by atoms with Gasteiger partial charge in [0.1, 0.15) is 12.2 Å². The fourth-order valence-corrected chi connectivity index (χ4v) is 4.27. The van der Waals surface area contributed by atoms with Crippen LogP contribution in [-0.2, 0) is 27.4 Å². The third kappa shape index (κ3) is 5.70. The van der Waals surface area contributed by atoms with Crippen LogP contribution in [0.15, 0.2) is 96.8 Å². The van der Waals surface area contributed by atoms with E-state index in [1.807, 2.05) is 78.9 Å². The zero-order valence-electron chi connectivity index (χ0n) is 19.2. The minimum Gasteiger partial charge on any atom is -0.488 e. The van der Waals surface area contributed by atoms with E-state index >= 15 is 4.39 Å². The summed E-state index contributed by atoms with van der Waals surface area (Å²) in [5.74, 6) is -0.140. The van der Waals surface area contributed by atoms with Gasteiger partial charge in [-0.05, 0) is 17.5 Å². The van der Waals surface area contributed by atoms with Crippen molar-refractivity contribution in [1.82, 2.24) is 0 Å². The van der Waals surface area contributed by atoms with Crippen LogP contribution < -0.4 is 0 Å². The van der Waals surface area contributed by atoms with Crippen molar-refractivity contribution in [3.05, 3.63) is 113 Å². The van der Waals surface area contributed by atoms with E-state index in [9.17, 15) is 0 Å². The lowest BCUT2D eigenvalue weighted by Gasteiger charge is -2.42. The first-order valence-electron chi connectivity index (χ1n) is 11.6. The lowest BCUT2D eigenvalue weighted by atomic mass is 9.87. The largest absolute Gasteiger partial charge is 0.488 e. The molecule has 0 aliphatic carbocycles. The molecule has 4 heteroatoms. The first-order chi connectivity index (χ1) is 16.2. The quantitative estimate of drug-likeness (QED) is 0.375. The second-order valence-electron chi connectivity index (χ2n) is 8.45. The molecule has 1 saturated heterocycles. The van der Waals surface area contributed by atoms with Crippen molar-refractivity contribution in [2.45, 2.75) is 51.8 Å². The summed E-state index contributed by atoms with van der Waals surface area (Å²) in [6.45, 7) is 4.92. The van der Waals surface area contributed by atoms with Crippen molar-refractivity contribution in [3.8, 4) is 0 Å². The molecule has 33 heavy (non-hydrogen) atoms. The zero-order valence-corrected chi connectivity index (χ0v) is 19.2. The average Bonchev–Trinajstić information content (AvgIpc) is 2.88. The molecule has 4 rings (SSSR count). The Labute approximate surface area is 195 Å². The van der Waals surface area contributed by atoms with Crippen LogP contribution in [0.4, 0.5) is 4.39 Å². The summed E-state index contributed by atoms with van der Waals surface area (Å²) in [5.41, 5.74) is 2.57. The Kier molecular flexibility index (Phi) is 7.92. The molecule has 0 bridgehead atoms. The minimum absolute atomic E-state index is 0.0341. The second-order valence-corrected chi connectivity index (χ2v) is 8.45. The van der Waals surface area contributed by atoms with Crippen molar-refractivity contribution in [3.63, 3.8) is 0 Å². The SMILES string of the molecule is CC[C@H]1OC(=C(F)c2ccccc2)[C@H](OCc2ccccc2)[C@@H](OCc2ccccc2)C1C. The lowest BCUT2D eigenvalue weighted by Crippen LogP contribution is -2.49. The van der Waals surface area contributed by atoms with Gasteiger partial charge in [-0.15, -0.1) is 0 Å². The topological polar surface area (TPSA) is 27.7 Å². The van der Waals surface area contributed by atoms with E-state index in [1.54, 1.807) is 12.1 Å².